The minimum Gasteiger partial charge on any atom is -0.466 e. The van der Waals surface area contributed by atoms with Gasteiger partial charge in [-0.2, -0.15) is 0 Å². The van der Waals surface area contributed by atoms with E-state index in [0.29, 0.717) is 43.8 Å². The van der Waals surface area contributed by atoms with Crippen LogP contribution in [-0.2, 0) is 28.6 Å². The topological polar surface area (TPSA) is 125 Å². The number of nitrogens with zero attached hydrogens (tertiary/aromatic N) is 2. The Kier molecular flexibility index (Phi) is 6.28. The first kappa shape index (κ1) is 22.3. The van der Waals surface area contributed by atoms with E-state index >= 15 is 0 Å². The highest BCUT2D eigenvalue weighted by Gasteiger charge is 2.39. The minimum atomic E-state index is -1.36. The van der Waals surface area contributed by atoms with E-state index < -0.39 is 22.6 Å². The molecule has 2 heterocycles. The number of esters is 3. The third kappa shape index (κ3) is 5.01. The number of benzene rings is 1. The van der Waals surface area contributed by atoms with Crippen molar-refractivity contribution in [3.8, 4) is 0 Å². The largest absolute Gasteiger partial charge is 0.466 e. The highest BCUT2D eigenvalue weighted by atomic mass is 16.7. The molecule has 0 bridgehead atoms. The van der Waals surface area contributed by atoms with E-state index in [1.807, 2.05) is 4.90 Å². The molecule has 1 aromatic carbocycles. The summed E-state index contributed by atoms with van der Waals surface area (Å²) < 4.78 is 15.1. The highest BCUT2D eigenvalue weighted by molar-refractivity contribution is 6.18. The zero-order chi connectivity index (χ0) is 22.8. The van der Waals surface area contributed by atoms with Crippen LogP contribution in [0, 0.1) is 16.0 Å². The van der Waals surface area contributed by atoms with Crippen LogP contribution in [0.2, 0.25) is 0 Å². The van der Waals surface area contributed by atoms with Crippen molar-refractivity contribution in [2.24, 2.45) is 5.92 Å². The summed E-state index contributed by atoms with van der Waals surface area (Å²) in [5, 5.41) is 11.7. The van der Waals surface area contributed by atoms with Crippen LogP contribution in [0.15, 0.2) is 23.8 Å². The molecule has 0 unspecified atom stereocenters. The number of carbonyl (C=O) groups is 3. The van der Waals surface area contributed by atoms with Crippen LogP contribution < -0.4 is 4.90 Å². The summed E-state index contributed by atoms with van der Waals surface area (Å²) in [6, 6.07) is 4.44. The maximum Gasteiger partial charge on any atom is 0.348 e. The number of nitro benzene ring substituents is 1. The number of cyclic esters (lactones) is 2. The highest BCUT2D eigenvalue weighted by Crippen LogP contribution is 2.34. The molecule has 0 aliphatic carbocycles. The smallest absolute Gasteiger partial charge is 0.348 e. The summed E-state index contributed by atoms with van der Waals surface area (Å²) in [6.45, 7) is 5.88. The predicted molar refractivity (Wildman–Crippen MR) is 109 cm³/mol. The number of anilines is 1. The van der Waals surface area contributed by atoms with E-state index in [0.717, 1.165) is 0 Å². The Morgan fingerprint density at radius 1 is 1.26 bits per heavy atom. The number of nitro groups is 1. The van der Waals surface area contributed by atoms with Crippen LogP contribution in [-0.4, -0.2) is 48.3 Å². The molecular weight excluding hydrogens is 408 g/mol. The van der Waals surface area contributed by atoms with Gasteiger partial charge < -0.3 is 19.1 Å². The first-order chi connectivity index (χ1) is 14.6. The van der Waals surface area contributed by atoms with Crippen molar-refractivity contribution in [3.63, 3.8) is 0 Å². The van der Waals surface area contributed by atoms with Gasteiger partial charge in [0.2, 0.25) is 0 Å². The average Bonchev–Trinajstić information content (AvgIpc) is 2.70. The molecular formula is C21H24N2O8. The van der Waals surface area contributed by atoms with Crippen LogP contribution >= 0.6 is 0 Å². The van der Waals surface area contributed by atoms with Crippen molar-refractivity contribution >= 4 is 35.4 Å². The van der Waals surface area contributed by atoms with E-state index in [1.54, 1.807) is 19.1 Å². The first-order valence-electron chi connectivity index (χ1n) is 9.99. The number of piperidine rings is 1. The number of hydrogen-bond acceptors (Lipinski definition) is 9. The van der Waals surface area contributed by atoms with Gasteiger partial charge in [0.1, 0.15) is 11.3 Å². The van der Waals surface area contributed by atoms with E-state index in [9.17, 15) is 24.5 Å². The van der Waals surface area contributed by atoms with Gasteiger partial charge in [0.25, 0.3) is 11.5 Å². The molecule has 0 N–H and O–H groups in total. The molecule has 0 aromatic heterocycles. The molecule has 1 aromatic rings. The van der Waals surface area contributed by atoms with Gasteiger partial charge in [-0.05, 0) is 37.5 Å². The lowest BCUT2D eigenvalue weighted by atomic mass is 9.96. The Hall–Kier alpha value is -3.43. The maximum absolute atomic E-state index is 12.1. The summed E-state index contributed by atoms with van der Waals surface area (Å²) in [7, 11) is 0. The van der Waals surface area contributed by atoms with Crippen molar-refractivity contribution in [3.05, 3.63) is 39.4 Å². The number of hydrogen-bond donors (Lipinski definition) is 0. The van der Waals surface area contributed by atoms with Crippen LogP contribution in [0.25, 0.3) is 6.08 Å². The van der Waals surface area contributed by atoms with E-state index in [2.05, 4.69) is 0 Å². The second-order valence-corrected chi connectivity index (χ2v) is 7.76. The quantitative estimate of drug-likeness (QED) is 0.227. The SMILES string of the molecule is CCOC(=O)C1CCN(c2ccc(C=C3C(=O)OC(C)(C)OC3=O)cc2[N+](=O)[O-])CC1. The molecule has 0 spiro atoms. The second-order valence-electron chi connectivity index (χ2n) is 7.76. The number of carbonyl (C=O) groups excluding carboxylic acids is 3. The van der Waals surface area contributed by atoms with E-state index in [1.165, 1.54) is 26.0 Å². The van der Waals surface area contributed by atoms with Gasteiger partial charge in [0, 0.05) is 33.0 Å². The molecule has 0 radical (unpaired) electrons. The van der Waals surface area contributed by atoms with E-state index in [-0.39, 0.29) is 23.1 Å². The molecule has 31 heavy (non-hydrogen) atoms. The molecule has 2 fully saturated rings. The van der Waals surface area contributed by atoms with Gasteiger partial charge in [-0.25, -0.2) is 9.59 Å². The second kappa shape index (κ2) is 8.75. The fraction of sp³-hybridized carbons (Fsp3) is 0.476. The van der Waals surface area contributed by atoms with Gasteiger partial charge in [-0.3, -0.25) is 14.9 Å². The van der Waals surface area contributed by atoms with Gasteiger partial charge in [0.05, 0.1) is 17.4 Å². The average molecular weight is 432 g/mol. The third-order valence-corrected chi connectivity index (χ3v) is 5.08. The molecule has 0 saturated carbocycles. The van der Waals surface area contributed by atoms with Crippen LogP contribution in [0.1, 0.15) is 39.2 Å². The molecule has 10 nitrogen and oxygen atoms in total. The normalized spacial score (nSPS) is 18.8. The van der Waals surface area contributed by atoms with Crippen molar-refractivity contribution in [1.82, 2.24) is 0 Å². The minimum absolute atomic E-state index is 0.165. The fourth-order valence-corrected chi connectivity index (χ4v) is 3.61. The fourth-order valence-electron chi connectivity index (χ4n) is 3.61. The van der Waals surface area contributed by atoms with Gasteiger partial charge in [-0.15, -0.1) is 0 Å². The standard InChI is InChI=1S/C21H24N2O8/c1-4-29-18(24)14-7-9-22(10-8-14)16-6-5-13(12-17(16)23(27)28)11-15-19(25)30-21(2,3)31-20(15)26/h5-6,11-12,14H,4,7-10H2,1-3H3. The monoisotopic (exact) mass is 432 g/mol. The molecule has 2 aliphatic heterocycles. The Bertz CT molecular complexity index is 923. The summed E-state index contributed by atoms with van der Waals surface area (Å²) in [5.41, 5.74) is 0.197. The maximum atomic E-state index is 12.1. The Morgan fingerprint density at radius 2 is 1.87 bits per heavy atom. The predicted octanol–water partition coefficient (Wildman–Crippen LogP) is 2.59. The van der Waals surface area contributed by atoms with Crippen molar-refractivity contribution in [2.75, 3.05) is 24.6 Å². The van der Waals surface area contributed by atoms with Crippen molar-refractivity contribution < 1.29 is 33.5 Å². The van der Waals surface area contributed by atoms with Crippen molar-refractivity contribution in [2.45, 2.75) is 39.4 Å². The lowest BCUT2D eigenvalue weighted by Gasteiger charge is -2.32. The van der Waals surface area contributed by atoms with Crippen LogP contribution in [0.5, 0.6) is 0 Å². The number of ether oxygens (including phenoxy) is 3. The molecule has 10 heteroatoms. The van der Waals surface area contributed by atoms with Gasteiger partial charge in [-0.1, -0.05) is 6.07 Å². The lowest BCUT2D eigenvalue weighted by molar-refractivity contribution is -0.384. The Balaban J connectivity index is 1.81. The summed E-state index contributed by atoms with van der Waals surface area (Å²) >= 11 is 0. The molecule has 3 rings (SSSR count). The molecule has 2 aliphatic rings. The number of rotatable bonds is 5. The Labute approximate surface area is 178 Å². The molecule has 0 atom stereocenters. The zero-order valence-corrected chi connectivity index (χ0v) is 17.6. The molecule has 0 amide bonds. The first-order valence-corrected chi connectivity index (χ1v) is 9.99. The van der Waals surface area contributed by atoms with Crippen molar-refractivity contribution in [1.29, 1.82) is 0 Å². The zero-order valence-electron chi connectivity index (χ0n) is 17.6. The van der Waals surface area contributed by atoms with Gasteiger partial charge in [0.15, 0.2) is 0 Å². The summed E-state index contributed by atoms with van der Waals surface area (Å²) in [4.78, 5) is 49.2. The van der Waals surface area contributed by atoms with E-state index in [4.69, 9.17) is 14.2 Å². The summed E-state index contributed by atoms with van der Waals surface area (Å²) in [6.07, 6.45) is 2.29. The third-order valence-electron chi connectivity index (χ3n) is 5.08. The summed E-state index contributed by atoms with van der Waals surface area (Å²) in [5.74, 6) is -3.53. The van der Waals surface area contributed by atoms with Gasteiger partial charge >= 0.3 is 17.9 Å². The molecule has 2 saturated heterocycles. The lowest BCUT2D eigenvalue weighted by Crippen LogP contribution is -2.41. The van der Waals surface area contributed by atoms with Crippen LogP contribution in [0.4, 0.5) is 11.4 Å². The molecule has 166 valence electrons. The Morgan fingerprint density at radius 3 is 2.42 bits per heavy atom. The van der Waals surface area contributed by atoms with Crippen LogP contribution in [0.3, 0.4) is 0 Å².